The highest BCUT2D eigenvalue weighted by molar-refractivity contribution is 5.88. The molecule has 5 heterocycles. The minimum Gasteiger partial charge on any atom is -0.384 e. The number of carbonyl (C=O) groups is 1. The first kappa shape index (κ1) is 25.8. The number of anilines is 3. The molecule has 1 atom stereocenters. The fraction of sp³-hybridized carbons (Fsp3) is 0.545. The third kappa shape index (κ3) is 5.26. The normalized spacial score (nSPS) is 17.8. The van der Waals surface area contributed by atoms with Crippen molar-refractivity contribution < 1.29 is 27.8 Å². The molecule has 3 aromatic heterocycles. The summed E-state index contributed by atoms with van der Waals surface area (Å²) < 4.78 is 47.9. The van der Waals surface area contributed by atoms with E-state index in [1.807, 2.05) is 4.90 Å². The third-order valence-electron chi connectivity index (χ3n) is 6.37. The molecular weight excluding hydrogens is 509 g/mol. The van der Waals surface area contributed by atoms with E-state index >= 15 is 0 Å². The van der Waals surface area contributed by atoms with E-state index in [1.165, 1.54) is 24.2 Å². The number of alkyl halides is 3. The van der Waals surface area contributed by atoms with Crippen LogP contribution >= 0.6 is 0 Å². The Morgan fingerprint density at radius 1 is 1.05 bits per heavy atom. The molecule has 3 N–H and O–H groups in total. The molecule has 2 aliphatic rings. The van der Waals surface area contributed by atoms with Gasteiger partial charge in [-0.25, -0.2) is 24.9 Å². The molecular formula is C22H27F3N10O3. The summed E-state index contributed by atoms with van der Waals surface area (Å²) in [5, 5.41) is 9.62. The number of rotatable bonds is 5. The van der Waals surface area contributed by atoms with Crippen LogP contribution in [-0.2, 0) is 16.1 Å². The highest BCUT2D eigenvalue weighted by Gasteiger charge is 2.35. The van der Waals surface area contributed by atoms with Crippen molar-refractivity contribution in [3.05, 3.63) is 12.4 Å². The summed E-state index contributed by atoms with van der Waals surface area (Å²) in [7, 11) is 0. The van der Waals surface area contributed by atoms with Crippen LogP contribution in [0, 0.1) is 0 Å². The van der Waals surface area contributed by atoms with Gasteiger partial charge in [-0.05, 0) is 6.92 Å². The molecule has 38 heavy (non-hydrogen) atoms. The van der Waals surface area contributed by atoms with Gasteiger partial charge in [0.05, 0.1) is 18.8 Å². The maximum atomic E-state index is 13.8. The number of nitrogens with zero attached hydrogens (tertiary/aromatic N) is 9. The molecule has 0 saturated carbocycles. The number of amides is 1. The highest BCUT2D eigenvalue weighted by Crippen LogP contribution is 2.33. The van der Waals surface area contributed by atoms with Gasteiger partial charge in [-0.15, -0.1) is 0 Å². The van der Waals surface area contributed by atoms with Crippen LogP contribution in [0.15, 0.2) is 12.4 Å². The summed E-state index contributed by atoms with van der Waals surface area (Å²) in [5.41, 5.74) is 6.24. The fourth-order valence-corrected chi connectivity index (χ4v) is 4.51. The number of carbonyl (C=O) groups excluding carboxylic acids is 1. The van der Waals surface area contributed by atoms with Crippen LogP contribution < -0.4 is 15.5 Å². The third-order valence-corrected chi connectivity index (χ3v) is 6.37. The van der Waals surface area contributed by atoms with Gasteiger partial charge >= 0.3 is 6.18 Å². The lowest BCUT2D eigenvalue weighted by Gasteiger charge is -2.36. The number of aliphatic hydroxyl groups is 1. The zero-order chi connectivity index (χ0) is 27.0. The van der Waals surface area contributed by atoms with Crippen molar-refractivity contribution in [3.8, 4) is 11.4 Å². The molecule has 2 fully saturated rings. The van der Waals surface area contributed by atoms with E-state index in [2.05, 4.69) is 24.9 Å². The highest BCUT2D eigenvalue weighted by atomic mass is 19.4. The minimum atomic E-state index is -4.55. The second-order valence-corrected chi connectivity index (χ2v) is 9.07. The standard InChI is InChI=1S/C22H27F3N10O3/c1-13(36)19(37)33-2-4-34(5-3-33)21-29-15-17(32-6-8-38-9-7-32)30-16(14-10-27-20(26)28-11-14)31-18(15)35(21)12-22(23,24)25/h10-11,13,36H,2-9,12H2,1H3,(H2,26,27,28)/t13-/m0/s1. The zero-order valence-electron chi connectivity index (χ0n) is 20.6. The molecule has 16 heteroatoms. The fourth-order valence-electron chi connectivity index (χ4n) is 4.51. The number of ether oxygens (including phenoxy) is 1. The van der Waals surface area contributed by atoms with Gasteiger partial charge in [-0.3, -0.25) is 9.36 Å². The van der Waals surface area contributed by atoms with Crippen LogP contribution in [0.5, 0.6) is 0 Å². The first-order valence-corrected chi connectivity index (χ1v) is 12.1. The Balaban J connectivity index is 1.62. The van der Waals surface area contributed by atoms with Crippen molar-refractivity contribution in [2.45, 2.75) is 25.7 Å². The van der Waals surface area contributed by atoms with Gasteiger partial charge in [0.25, 0.3) is 5.91 Å². The molecule has 0 spiro atoms. The molecule has 3 aromatic rings. The average molecular weight is 537 g/mol. The van der Waals surface area contributed by atoms with Crippen LogP contribution in [0.2, 0.25) is 0 Å². The molecule has 5 rings (SSSR count). The first-order chi connectivity index (χ1) is 18.1. The number of fused-ring (bicyclic) bond motifs is 1. The quantitative estimate of drug-likeness (QED) is 0.463. The van der Waals surface area contributed by atoms with E-state index in [0.717, 1.165) is 4.57 Å². The molecule has 0 aliphatic carbocycles. The Labute approximate surface area is 215 Å². The maximum absolute atomic E-state index is 13.8. The van der Waals surface area contributed by atoms with Gasteiger partial charge in [0.1, 0.15) is 12.6 Å². The lowest BCUT2D eigenvalue weighted by Crippen LogP contribution is -2.51. The Morgan fingerprint density at radius 3 is 2.32 bits per heavy atom. The number of nitrogen functional groups attached to an aromatic ring is 1. The van der Waals surface area contributed by atoms with Crippen LogP contribution in [-0.4, -0.2) is 110 Å². The van der Waals surface area contributed by atoms with Crippen molar-refractivity contribution in [1.29, 1.82) is 0 Å². The number of aromatic nitrogens is 6. The number of hydrogen-bond donors (Lipinski definition) is 2. The molecule has 1 amide bonds. The number of aliphatic hydroxyl groups excluding tert-OH is 1. The SMILES string of the molecule is C[C@H](O)C(=O)N1CCN(c2nc3c(N4CCOCC4)nc(-c4cnc(N)nc4)nc3n2CC(F)(F)F)CC1. The van der Waals surface area contributed by atoms with Crippen LogP contribution in [0.1, 0.15) is 6.92 Å². The molecule has 2 saturated heterocycles. The number of imidazole rings is 1. The molecule has 2 aliphatic heterocycles. The van der Waals surface area contributed by atoms with E-state index in [9.17, 15) is 23.1 Å². The molecule has 13 nitrogen and oxygen atoms in total. The van der Waals surface area contributed by atoms with Gasteiger partial charge in [-0.2, -0.15) is 13.2 Å². The van der Waals surface area contributed by atoms with Crippen molar-refractivity contribution in [2.24, 2.45) is 0 Å². The van der Waals surface area contributed by atoms with E-state index in [-0.39, 0.29) is 55.1 Å². The minimum absolute atomic E-state index is 0.0168. The molecule has 0 unspecified atom stereocenters. The van der Waals surface area contributed by atoms with Gasteiger partial charge in [0.15, 0.2) is 22.8 Å². The topological polar surface area (TPSA) is 152 Å². The van der Waals surface area contributed by atoms with Gasteiger partial charge in [0, 0.05) is 51.7 Å². The molecule has 0 radical (unpaired) electrons. The zero-order valence-corrected chi connectivity index (χ0v) is 20.6. The van der Waals surface area contributed by atoms with Crippen molar-refractivity contribution in [2.75, 3.05) is 68.0 Å². The Morgan fingerprint density at radius 2 is 1.71 bits per heavy atom. The Bertz CT molecular complexity index is 1300. The number of hydrogen-bond acceptors (Lipinski definition) is 11. The van der Waals surface area contributed by atoms with E-state index in [0.29, 0.717) is 37.7 Å². The van der Waals surface area contributed by atoms with Crippen LogP contribution in [0.25, 0.3) is 22.6 Å². The largest absolute Gasteiger partial charge is 0.406 e. The molecule has 0 bridgehead atoms. The Kier molecular flexibility index (Phi) is 6.92. The van der Waals surface area contributed by atoms with E-state index in [1.54, 1.807) is 4.90 Å². The predicted octanol–water partition coefficient (Wildman–Crippen LogP) is 0.294. The lowest BCUT2D eigenvalue weighted by atomic mass is 10.2. The molecule has 0 aromatic carbocycles. The number of nitrogens with two attached hydrogens (primary N) is 1. The van der Waals surface area contributed by atoms with Crippen molar-refractivity contribution in [3.63, 3.8) is 0 Å². The number of halogens is 3. The van der Waals surface area contributed by atoms with Gasteiger partial charge in [0.2, 0.25) is 11.9 Å². The second-order valence-electron chi connectivity index (χ2n) is 9.07. The van der Waals surface area contributed by atoms with Gasteiger partial charge < -0.3 is 30.3 Å². The number of morpholine rings is 1. The summed E-state index contributed by atoms with van der Waals surface area (Å²) in [6.45, 7) is 2.82. The van der Waals surface area contributed by atoms with Crippen LogP contribution in [0.3, 0.4) is 0 Å². The van der Waals surface area contributed by atoms with E-state index < -0.39 is 24.7 Å². The predicted molar refractivity (Wildman–Crippen MR) is 130 cm³/mol. The Hall–Kier alpha value is -3.79. The monoisotopic (exact) mass is 536 g/mol. The first-order valence-electron chi connectivity index (χ1n) is 12.1. The van der Waals surface area contributed by atoms with Crippen LogP contribution in [0.4, 0.5) is 30.9 Å². The van der Waals surface area contributed by atoms with Gasteiger partial charge in [-0.1, -0.05) is 0 Å². The summed E-state index contributed by atoms with van der Waals surface area (Å²) in [6, 6.07) is 0. The summed E-state index contributed by atoms with van der Waals surface area (Å²) in [6.07, 6.45) is -2.88. The van der Waals surface area contributed by atoms with Crippen molar-refractivity contribution in [1.82, 2.24) is 34.4 Å². The lowest BCUT2D eigenvalue weighted by molar-refractivity contribution is -0.139. The molecule has 204 valence electrons. The smallest absolute Gasteiger partial charge is 0.384 e. The summed E-state index contributed by atoms with van der Waals surface area (Å²) in [4.78, 5) is 39.0. The van der Waals surface area contributed by atoms with E-state index in [4.69, 9.17) is 10.5 Å². The summed E-state index contributed by atoms with van der Waals surface area (Å²) in [5.74, 6) is 0.220. The van der Waals surface area contributed by atoms with Crippen molar-refractivity contribution >= 4 is 34.8 Å². The second kappa shape index (κ2) is 10.2. The average Bonchev–Trinajstić information content (AvgIpc) is 3.25. The number of piperazine rings is 1. The maximum Gasteiger partial charge on any atom is 0.406 e. The summed E-state index contributed by atoms with van der Waals surface area (Å²) >= 11 is 0.